The average Bonchev–Trinajstić information content (AvgIpc) is 2.62. The summed E-state index contributed by atoms with van der Waals surface area (Å²) in [5, 5.41) is 0. The highest BCUT2D eigenvalue weighted by atomic mass is 79.9. The number of halogens is 4. The Labute approximate surface area is 114 Å². The number of fused-ring (bicyclic) bond motifs is 1. The number of esters is 1. The number of nitrogens with zero attached hydrogens (tertiary/aromatic N) is 2. The van der Waals surface area contributed by atoms with Gasteiger partial charge in [-0.25, -0.2) is 9.78 Å². The lowest BCUT2D eigenvalue weighted by atomic mass is 10.2. The molecule has 0 bridgehead atoms. The molecule has 0 saturated heterocycles. The molecule has 4 nitrogen and oxygen atoms in total. The Kier molecular flexibility index (Phi) is 3.29. The molecule has 2 aromatic rings. The van der Waals surface area contributed by atoms with E-state index in [9.17, 15) is 18.0 Å². The summed E-state index contributed by atoms with van der Waals surface area (Å²) in [4.78, 5) is 15.4. The van der Waals surface area contributed by atoms with Crippen LogP contribution in [0.4, 0.5) is 13.2 Å². The summed E-state index contributed by atoms with van der Waals surface area (Å²) in [5.41, 5.74) is -1.09. The van der Waals surface area contributed by atoms with Crippen LogP contribution in [0, 0.1) is 6.92 Å². The van der Waals surface area contributed by atoms with Crippen molar-refractivity contribution >= 4 is 27.5 Å². The molecule has 0 unspecified atom stereocenters. The minimum absolute atomic E-state index is 0.0238. The van der Waals surface area contributed by atoms with Gasteiger partial charge in [-0.15, -0.1) is 0 Å². The highest BCUT2D eigenvalue weighted by molar-refractivity contribution is 9.10. The topological polar surface area (TPSA) is 43.6 Å². The highest BCUT2D eigenvalue weighted by Gasteiger charge is 2.35. The fourth-order valence-electron chi connectivity index (χ4n) is 1.78. The predicted octanol–water partition coefficient (Wildman–Crippen LogP) is 3.21. The molecule has 0 atom stereocenters. The van der Waals surface area contributed by atoms with E-state index in [2.05, 4.69) is 25.7 Å². The lowest BCUT2D eigenvalue weighted by molar-refractivity contribution is -0.136. The van der Waals surface area contributed by atoms with Crippen LogP contribution in [0.5, 0.6) is 0 Å². The molecular formula is C11H8BrF3N2O2. The first-order valence-corrected chi connectivity index (χ1v) is 5.88. The lowest BCUT2D eigenvalue weighted by Crippen LogP contribution is -2.11. The molecule has 0 aliphatic carbocycles. The zero-order chi connectivity index (χ0) is 14.4. The first-order chi connectivity index (χ1) is 8.75. The summed E-state index contributed by atoms with van der Waals surface area (Å²) >= 11 is 2.99. The van der Waals surface area contributed by atoms with E-state index >= 15 is 0 Å². The van der Waals surface area contributed by atoms with Gasteiger partial charge in [-0.1, -0.05) is 0 Å². The molecule has 0 saturated carbocycles. The monoisotopic (exact) mass is 336 g/mol. The van der Waals surface area contributed by atoms with Crippen LogP contribution in [0.15, 0.2) is 16.7 Å². The van der Waals surface area contributed by atoms with Crippen LogP contribution < -0.4 is 0 Å². The molecule has 0 spiro atoms. The Bertz CT molecular complexity index is 664. The molecule has 0 fully saturated rings. The second-order valence-corrected chi connectivity index (χ2v) is 4.72. The smallest absolute Gasteiger partial charge is 0.420 e. The van der Waals surface area contributed by atoms with Crippen LogP contribution in [0.3, 0.4) is 0 Å². The van der Waals surface area contributed by atoms with Gasteiger partial charge in [0.2, 0.25) is 0 Å². The third kappa shape index (κ3) is 2.32. The Hall–Kier alpha value is -1.57. The van der Waals surface area contributed by atoms with Crippen molar-refractivity contribution in [3.05, 3.63) is 33.7 Å². The molecule has 0 aliphatic heterocycles. The number of pyridine rings is 1. The average molecular weight is 337 g/mol. The Balaban J connectivity index is 2.86. The van der Waals surface area contributed by atoms with Gasteiger partial charge in [0, 0.05) is 10.7 Å². The maximum absolute atomic E-state index is 12.9. The van der Waals surface area contributed by atoms with Crippen molar-refractivity contribution in [1.82, 2.24) is 9.38 Å². The van der Waals surface area contributed by atoms with Gasteiger partial charge < -0.3 is 4.74 Å². The molecule has 0 aromatic carbocycles. The second kappa shape index (κ2) is 4.52. The standard InChI is InChI=1S/C11H8BrF3N2O2/c1-5-8(10(18)19-2)17-4-6(12)3-7(9(17)16-5)11(13,14)15/h3-4H,1-2H3. The quantitative estimate of drug-likeness (QED) is 0.751. The van der Waals surface area contributed by atoms with E-state index in [1.54, 1.807) is 0 Å². The molecule has 2 rings (SSSR count). The van der Waals surface area contributed by atoms with Crippen LogP contribution in [0.25, 0.3) is 5.65 Å². The van der Waals surface area contributed by atoms with Crippen LogP contribution in [-0.4, -0.2) is 22.5 Å². The van der Waals surface area contributed by atoms with Crippen molar-refractivity contribution in [1.29, 1.82) is 0 Å². The maximum Gasteiger partial charge on any atom is 0.420 e. The third-order valence-electron chi connectivity index (χ3n) is 2.55. The zero-order valence-corrected chi connectivity index (χ0v) is 11.5. The van der Waals surface area contributed by atoms with Crippen molar-refractivity contribution in [3.63, 3.8) is 0 Å². The van der Waals surface area contributed by atoms with Crippen LogP contribution in [-0.2, 0) is 10.9 Å². The van der Waals surface area contributed by atoms with E-state index in [4.69, 9.17) is 0 Å². The van der Waals surface area contributed by atoms with E-state index in [-0.39, 0.29) is 21.5 Å². The van der Waals surface area contributed by atoms with Gasteiger partial charge in [-0.05, 0) is 28.9 Å². The summed E-state index contributed by atoms with van der Waals surface area (Å²) in [5.74, 6) is -0.740. The number of carbonyl (C=O) groups excluding carboxylic acids is 1. The highest BCUT2D eigenvalue weighted by Crippen LogP contribution is 2.34. The zero-order valence-electron chi connectivity index (χ0n) is 9.88. The van der Waals surface area contributed by atoms with E-state index in [1.807, 2.05) is 0 Å². The second-order valence-electron chi connectivity index (χ2n) is 3.80. The predicted molar refractivity (Wildman–Crippen MR) is 64.0 cm³/mol. The van der Waals surface area contributed by atoms with Crippen molar-refractivity contribution in [3.8, 4) is 0 Å². The van der Waals surface area contributed by atoms with Gasteiger partial charge >= 0.3 is 12.1 Å². The molecule has 0 N–H and O–H groups in total. The van der Waals surface area contributed by atoms with Gasteiger partial charge in [0.1, 0.15) is 5.65 Å². The molecule has 0 amide bonds. The minimum atomic E-state index is -4.56. The van der Waals surface area contributed by atoms with Crippen molar-refractivity contribution in [2.24, 2.45) is 0 Å². The van der Waals surface area contributed by atoms with Gasteiger partial charge in [0.25, 0.3) is 0 Å². The van der Waals surface area contributed by atoms with Crippen molar-refractivity contribution in [2.75, 3.05) is 7.11 Å². The minimum Gasteiger partial charge on any atom is -0.464 e. The molecular weight excluding hydrogens is 329 g/mol. The summed E-state index contributed by atoms with van der Waals surface area (Å²) in [6, 6.07) is 0.919. The Morgan fingerprint density at radius 2 is 2.11 bits per heavy atom. The molecule has 0 aliphatic rings. The molecule has 8 heteroatoms. The SMILES string of the molecule is COC(=O)c1c(C)nc2c(C(F)(F)F)cc(Br)cn12. The maximum atomic E-state index is 12.9. The number of aromatic nitrogens is 2. The lowest BCUT2D eigenvalue weighted by Gasteiger charge is -2.09. The molecule has 2 aromatic heterocycles. The van der Waals surface area contributed by atoms with Crippen LogP contribution >= 0.6 is 15.9 Å². The summed E-state index contributed by atoms with van der Waals surface area (Å²) < 4.78 is 44.6. The van der Waals surface area contributed by atoms with Crippen molar-refractivity contribution < 1.29 is 22.7 Å². The summed E-state index contributed by atoms with van der Waals surface area (Å²) in [7, 11) is 1.16. The van der Waals surface area contributed by atoms with E-state index < -0.39 is 17.7 Å². The van der Waals surface area contributed by atoms with Crippen molar-refractivity contribution in [2.45, 2.75) is 13.1 Å². The number of imidazole rings is 1. The van der Waals surface area contributed by atoms with E-state index in [0.717, 1.165) is 17.6 Å². The molecule has 2 heterocycles. The number of hydrogen-bond acceptors (Lipinski definition) is 3. The summed E-state index contributed by atoms with van der Waals surface area (Å²) in [6.45, 7) is 1.45. The Morgan fingerprint density at radius 3 is 2.63 bits per heavy atom. The molecule has 19 heavy (non-hydrogen) atoms. The number of carbonyl (C=O) groups is 1. The van der Waals surface area contributed by atoms with E-state index in [0.29, 0.717) is 0 Å². The van der Waals surface area contributed by atoms with Gasteiger partial charge in [0.15, 0.2) is 5.69 Å². The number of ether oxygens (including phenoxy) is 1. The normalized spacial score (nSPS) is 11.9. The summed E-state index contributed by atoms with van der Waals surface area (Å²) in [6.07, 6.45) is -3.22. The van der Waals surface area contributed by atoms with Crippen LogP contribution in [0.2, 0.25) is 0 Å². The largest absolute Gasteiger partial charge is 0.464 e. The first kappa shape index (κ1) is 13.9. The number of rotatable bonds is 1. The van der Waals surface area contributed by atoms with Crippen LogP contribution in [0.1, 0.15) is 21.7 Å². The fraction of sp³-hybridized carbons (Fsp3) is 0.273. The van der Waals surface area contributed by atoms with E-state index in [1.165, 1.54) is 13.1 Å². The number of alkyl halides is 3. The third-order valence-corrected chi connectivity index (χ3v) is 2.98. The van der Waals surface area contributed by atoms with Gasteiger partial charge in [-0.3, -0.25) is 4.40 Å². The fourth-order valence-corrected chi connectivity index (χ4v) is 2.21. The molecule has 0 radical (unpaired) electrons. The Morgan fingerprint density at radius 1 is 1.47 bits per heavy atom. The van der Waals surface area contributed by atoms with Gasteiger partial charge in [-0.2, -0.15) is 13.2 Å². The van der Waals surface area contributed by atoms with Gasteiger partial charge in [0.05, 0.1) is 18.4 Å². The molecule has 102 valence electrons. The number of aryl methyl sites for hydroxylation is 1. The number of hydrogen-bond donors (Lipinski definition) is 0. The number of methoxy groups -OCH3 is 1. The first-order valence-electron chi connectivity index (χ1n) is 5.09.